The molecule has 35 heavy (non-hydrogen) atoms. The van der Waals surface area contributed by atoms with Crippen molar-refractivity contribution in [3.05, 3.63) is 68.4 Å². The Balaban J connectivity index is 1.67. The quantitative estimate of drug-likeness (QED) is 0.431. The summed E-state index contributed by atoms with van der Waals surface area (Å²) in [5, 5.41) is 0. The number of piperidine rings is 1. The molecule has 0 radical (unpaired) electrons. The Labute approximate surface area is 203 Å². The highest BCUT2D eigenvalue weighted by Crippen LogP contribution is 2.38. The van der Waals surface area contributed by atoms with E-state index in [9.17, 15) is 14.4 Å². The second kappa shape index (κ2) is 8.96. The number of carbonyl (C=O) groups excluding carboxylic acids is 1. The summed E-state index contributed by atoms with van der Waals surface area (Å²) in [7, 11) is 1.60. The second-order valence-corrected chi connectivity index (χ2v) is 10.0. The largest absolute Gasteiger partial charge is 0.338 e. The molecule has 1 saturated carbocycles. The van der Waals surface area contributed by atoms with Gasteiger partial charge in [-0.2, -0.15) is 4.98 Å². The Morgan fingerprint density at radius 2 is 1.89 bits per heavy atom. The first-order valence-electron chi connectivity index (χ1n) is 12.2. The van der Waals surface area contributed by atoms with Crippen LogP contribution in [0.4, 0.5) is 5.95 Å². The second-order valence-electron chi connectivity index (χ2n) is 10.0. The molecule has 2 bridgehead atoms. The number of nitrogens with zero attached hydrogens (tertiary/aromatic N) is 5. The first-order chi connectivity index (χ1) is 16.8. The normalized spacial score (nSPS) is 21.5. The van der Waals surface area contributed by atoms with Crippen LogP contribution in [0.3, 0.4) is 0 Å². The lowest BCUT2D eigenvalue weighted by Gasteiger charge is -2.37. The number of aromatic nitrogens is 4. The van der Waals surface area contributed by atoms with Crippen molar-refractivity contribution in [1.29, 1.82) is 0 Å². The third-order valence-electron chi connectivity index (χ3n) is 7.45. The van der Waals surface area contributed by atoms with Crippen LogP contribution >= 0.6 is 0 Å². The van der Waals surface area contributed by atoms with E-state index >= 15 is 0 Å². The van der Waals surface area contributed by atoms with Crippen molar-refractivity contribution in [1.82, 2.24) is 18.7 Å². The number of hydrogen-bond acceptors (Lipinski definition) is 6. The van der Waals surface area contributed by atoms with Crippen molar-refractivity contribution in [2.75, 3.05) is 11.4 Å². The molecular weight excluding hydrogens is 444 g/mol. The van der Waals surface area contributed by atoms with E-state index in [2.05, 4.69) is 4.90 Å². The van der Waals surface area contributed by atoms with Crippen LogP contribution in [0.15, 0.2) is 51.6 Å². The molecule has 5 rings (SSSR count). The fourth-order valence-electron chi connectivity index (χ4n) is 5.46. The number of benzene rings is 1. The van der Waals surface area contributed by atoms with Crippen molar-refractivity contribution in [2.24, 2.45) is 18.7 Å². The summed E-state index contributed by atoms with van der Waals surface area (Å²) in [5.41, 5.74) is 7.65. The van der Waals surface area contributed by atoms with Crippen molar-refractivity contribution < 1.29 is 4.79 Å². The Hall–Kier alpha value is -3.46. The Morgan fingerprint density at radius 1 is 1.14 bits per heavy atom. The SMILES string of the molecule is CC(C)=CCn1c(N2CC(N)C3CCC2C3)nc2c1c(=O)n(CC(=O)c1ccccc1)c(=O)n2C. The third-order valence-corrected chi connectivity index (χ3v) is 7.45. The van der Waals surface area contributed by atoms with Gasteiger partial charge in [-0.25, -0.2) is 4.79 Å². The fraction of sp³-hybridized carbons (Fsp3) is 0.462. The number of carbonyl (C=O) groups is 1. The highest BCUT2D eigenvalue weighted by atomic mass is 16.2. The zero-order valence-electron chi connectivity index (χ0n) is 20.5. The van der Waals surface area contributed by atoms with E-state index < -0.39 is 11.2 Å². The molecule has 2 N–H and O–H groups in total. The predicted molar refractivity (Wildman–Crippen MR) is 136 cm³/mol. The minimum atomic E-state index is -0.554. The number of allylic oxidation sites excluding steroid dienone is 2. The maximum absolute atomic E-state index is 13.7. The van der Waals surface area contributed by atoms with E-state index in [1.165, 1.54) is 4.57 Å². The molecule has 3 heterocycles. The van der Waals surface area contributed by atoms with Gasteiger partial charge in [0.2, 0.25) is 5.95 Å². The van der Waals surface area contributed by atoms with E-state index in [0.29, 0.717) is 47.7 Å². The van der Waals surface area contributed by atoms with Crippen molar-refractivity contribution in [3.8, 4) is 0 Å². The fourth-order valence-corrected chi connectivity index (χ4v) is 5.46. The molecule has 184 valence electrons. The van der Waals surface area contributed by atoms with E-state index in [0.717, 1.165) is 29.4 Å². The number of nitrogens with two attached hydrogens (primary N) is 1. The third kappa shape index (κ3) is 4.03. The summed E-state index contributed by atoms with van der Waals surface area (Å²) in [6, 6.07) is 9.07. The Morgan fingerprint density at radius 3 is 2.60 bits per heavy atom. The molecule has 9 nitrogen and oxygen atoms in total. The van der Waals surface area contributed by atoms with Crippen molar-refractivity contribution in [2.45, 2.75) is 58.3 Å². The molecule has 2 aromatic heterocycles. The molecule has 3 unspecified atom stereocenters. The van der Waals surface area contributed by atoms with E-state index in [1.807, 2.05) is 30.6 Å². The van der Waals surface area contributed by atoms with Gasteiger partial charge in [-0.15, -0.1) is 0 Å². The maximum atomic E-state index is 13.7. The van der Waals surface area contributed by atoms with Gasteiger partial charge in [-0.05, 0) is 39.0 Å². The van der Waals surface area contributed by atoms with Gasteiger partial charge in [0, 0.05) is 37.8 Å². The van der Waals surface area contributed by atoms with E-state index in [1.54, 1.807) is 31.3 Å². The Kier molecular flexibility index (Phi) is 5.96. The number of imidazole rings is 1. The monoisotopic (exact) mass is 476 g/mol. The molecule has 1 aromatic carbocycles. The minimum Gasteiger partial charge on any atom is -0.338 e. The molecule has 0 amide bonds. The molecule has 2 fully saturated rings. The summed E-state index contributed by atoms with van der Waals surface area (Å²) in [5.74, 6) is 0.897. The zero-order chi connectivity index (χ0) is 24.9. The molecule has 9 heteroatoms. The molecule has 3 aromatic rings. The van der Waals surface area contributed by atoms with Crippen LogP contribution in [0.1, 0.15) is 43.5 Å². The van der Waals surface area contributed by atoms with Gasteiger partial charge in [0.1, 0.15) is 0 Å². The van der Waals surface area contributed by atoms with Crippen LogP contribution in [0.2, 0.25) is 0 Å². The van der Waals surface area contributed by atoms with Gasteiger partial charge in [-0.1, -0.05) is 42.0 Å². The number of rotatable bonds is 6. The van der Waals surface area contributed by atoms with Gasteiger partial charge in [-0.3, -0.25) is 18.7 Å². The van der Waals surface area contributed by atoms with Crippen molar-refractivity contribution >= 4 is 22.9 Å². The number of aryl methyl sites for hydroxylation is 1. The number of ketones is 1. The number of anilines is 1. The maximum Gasteiger partial charge on any atom is 0.332 e. The first kappa shape index (κ1) is 23.3. The van der Waals surface area contributed by atoms with E-state index in [4.69, 9.17) is 10.7 Å². The Bertz CT molecular complexity index is 1430. The lowest BCUT2D eigenvalue weighted by molar-refractivity contribution is 0.0969. The van der Waals surface area contributed by atoms with Crippen molar-refractivity contribution in [3.63, 3.8) is 0 Å². The lowest BCUT2D eigenvalue weighted by Crippen LogP contribution is -2.50. The predicted octanol–water partition coefficient (Wildman–Crippen LogP) is 2.06. The van der Waals surface area contributed by atoms with Gasteiger partial charge < -0.3 is 15.2 Å². The van der Waals surface area contributed by atoms with Crippen LogP contribution in [-0.4, -0.2) is 43.1 Å². The summed E-state index contributed by atoms with van der Waals surface area (Å²) in [6.45, 7) is 4.79. The van der Waals surface area contributed by atoms with Gasteiger partial charge in [0.05, 0.1) is 6.54 Å². The van der Waals surface area contributed by atoms with Gasteiger partial charge in [0.15, 0.2) is 16.9 Å². The molecule has 1 saturated heterocycles. The average Bonchev–Trinajstić information content (AvgIpc) is 3.45. The average molecular weight is 477 g/mol. The van der Waals surface area contributed by atoms with Crippen LogP contribution in [0, 0.1) is 5.92 Å². The van der Waals surface area contributed by atoms with E-state index in [-0.39, 0.29) is 18.4 Å². The van der Waals surface area contributed by atoms with Crippen LogP contribution in [-0.2, 0) is 20.1 Å². The summed E-state index contributed by atoms with van der Waals surface area (Å²) < 4.78 is 4.29. The standard InChI is InChI=1S/C26H32N6O3/c1-16(2)11-12-30-22-23(28-25(30)31-14-20(27)18-9-10-19(31)13-18)29(3)26(35)32(24(22)34)15-21(33)17-7-5-4-6-8-17/h4-8,11,18-20H,9-10,12-15,27H2,1-3H3. The van der Waals surface area contributed by atoms with Crippen LogP contribution < -0.4 is 21.9 Å². The van der Waals surface area contributed by atoms with Crippen LogP contribution in [0.5, 0.6) is 0 Å². The highest BCUT2D eigenvalue weighted by molar-refractivity contribution is 5.95. The molecule has 0 spiro atoms. The lowest BCUT2D eigenvalue weighted by atomic mass is 9.94. The van der Waals surface area contributed by atoms with Gasteiger partial charge in [0.25, 0.3) is 5.56 Å². The summed E-state index contributed by atoms with van der Waals surface area (Å²) >= 11 is 0. The summed E-state index contributed by atoms with van der Waals surface area (Å²) in [4.78, 5) is 46.8. The zero-order valence-corrected chi connectivity index (χ0v) is 20.5. The van der Waals surface area contributed by atoms with Gasteiger partial charge >= 0.3 is 5.69 Å². The minimum absolute atomic E-state index is 0.0504. The molecule has 3 atom stereocenters. The molecule has 1 aliphatic carbocycles. The first-order valence-corrected chi connectivity index (χ1v) is 12.2. The number of Topliss-reactive ketones (excluding diaryl/α,β-unsaturated/α-hetero) is 1. The number of fused-ring (bicyclic) bond motifs is 3. The number of hydrogen-bond donors (Lipinski definition) is 1. The molecule has 2 aliphatic rings. The molecular formula is C26H32N6O3. The molecule has 1 aliphatic heterocycles. The van der Waals surface area contributed by atoms with Crippen LogP contribution in [0.25, 0.3) is 11.2 Å². The smallest absolute Gasteiger partial charge is 0.332 e. The summed E-state index contributed by atoms with van der Waals surface area (Å²) in [6.07, 6.45) is 5.19. The topological polar surface area (TPSA) is 108 Å². The highest BCUT2D eigenvalue weighted by Gasteiger charge is 2.41.